The third-order valence-electron chi connectivity index (χ3n) is 3.01. The molecule has 1 N–H and O–H groups in total. The summed E-state index contributed by atoms with van der Waals surface area (Å²) >= 11 is 3.49. The minimum absolute atomic E-state index is 0.0884. The van der Waals surface area contributed by atoms with E-state index in [0.717, 1.165) is 29.1 Å². The summed E-state index contributed by atoms with van der Waals surface area (Å²) in [6.07, 6.45) is -0.0884. The van der Waals surface area contributed by atoms with Gasteiger partial charge in [-0.1, -0.05) is 0 Å². The summed E-state index contributed by atoms with van der Waals surface area (Å²) in [5.41, 5.74) is 0.827. The molecule has 0 aromatic carbocycles. The van der Waals surface area contributed by atoms with Crippen molar-refractivity contribution in [2.75, 3.05) is 46.2 Å². The molecule has 0 spiro atoms. The van der Waals surface area contributed by atoms with Gasteiger partial charge in [-0.2, -0.15) is 0 Å². The van der Waals surface area contributed by atoms with Gasteiger partial charge in [-0.3, -0.25) is 0 Å². The summed E-state index contributed by atoms with van der Waals surface area (Å²) in [6.45, 7) is 2.89. The standard InChI is InChI=1S/C12H19BrN4O2/c1-14-12-10(13)8(7-18-3)15-11(16-12)9-6-17(2)4-5-19-9/h9H,4-7H2,1-3H3,(H,14,15,16). The third kappa shape index (κ3) is 3.42. The molecule has 2 heterocycles. The Labute approximate surface area is 121 Å². The molecular formula is C12H19BrN4O2. The summed E-state index contributed by atoms with van der Waals surface area (Å²) in [5.74, 6) is 1.46. The Bertz CT molecular complexity index is 444. The molecule has 6 nitrogen and oxygen atoms in total. The first-order valence-corrected chi connectivity index (χ1v) is 6.98. The van der Waals surface area contributed by atoms with Crippen LogP contribution in [0.5, 0.6) is 0 Å². The number of halogens is 1. The van der Waals surface area contributed by atoms with E-state index >= 15 is 0 Å². The number of morpholine rings is 1. The number of hydrogen-bond donors (Lipinski definition) is 1. The zero-order valence-electron chi connectivity index (χ0n) is 11.4. The van der Waals surface area contributed by atoms with E-state index in [-0.39, 0.29) is 6.10 Å². The zero-order valence-corrected chi connectivity index (χ0v) is 13.0. The van der Waals surface area contributed by atoms with Crippen LogP contribution < -0.4 is 5.32 Å². The maximum absolute atomic E-state index is 5.76. The first kappa shape index (κ1) is 14.6. The molecule has 2 rings (SSSR count). The maximum atomic E-state index is 5.76. The van der Waals surface area contributed by atoms with Crippen LogP contribution in [-0.4, -0.2) is 55.8 Å². The van der Waals surface area contributed by atoms with Crippen molar-refractivity contribution >= 4 is 21.7 Å². The Hall–Kier alpha value is -0.760. The summed E-state index contributed by atoms with van der Waals surface area (Å²) in [4.78, 5) is 11.3. The summed E-state index contributed by atoms with van der Waals surface area (Å²) in [7, 11) is 5.56. The van der Waals surface area contributed by atoms with Crippen LogP contribution in [0.25, 0.3) is 0 Å². The van der Waals surface area contributed by atoms with E-state index in [1.54, 1.807) is 7.11 Å². The van der Waals surface area contributed by atoms with Gasteiger partial charge in [-0.05, 0) is 23.0 Å². The number of nitrogens with one attached hydrogen (secondary N) is 1. The number of anilines is 1. The zero-order chi connectivity index (χ0) is 13.8. The lowest BCUT2D eigenvalue weighted by Gasteiger charge is -2.29. The topological polar surface area (TPSA) is 59.5 Å². The van der Waals surface area contributed by atoms with Crippen molar-refractivity contribution in [1.29, 1.82) is 0 Å². The van der Waals surface area contributed by atoms with Gasteiger partial charge in [0, 0.05) is 27.2 Å². The molecule has 1 atom stereocenters. The first-order chi connectivity index (χ1) is 9.15. The van der Waals surface area contributed by atoms with Gasteiger partial charge in [-0.15, -0.1) is 0 Å². The molecule has 0 amide bonds. The van der Waals surface area contributed by atoms with Gasteiger partial charge in [0.1, 0.15) is 11.9 Å². The Morgan fingerprint density at radius 1 is 1.53 bits per heavy atom. The number of likely N-dealkylation sites (N-methyl/N-ethyl adjacent to an activating group) is 1. The van der Waals surface area contributed by atoms with Crippen molar-refractivity contribution in [1.82, 2.24) is 14.9 Å². The second-order valence-electron chi connectivity index (χ2n) is 4.50. The molecule has 0 bridgehead atoms. The molecule has 1 aromatic rings. The van der Waals surface area contributed by atoms with Gasteiger partial charge in [0.15, 0.2) is 5.82 Å². The van der Waals surface area contributed by atoms with Crippen LogP contribution in [0.3, 0.4) is 0 Å². The normalized spacial score (nSPS) is 20.5. The van der Waals surface area contributed by atoms with Crippen molar-refractivity contribution in [3.63, 3.8) is 0 Å². The maximum Gasteiger partial charge on any atom is 0.161 e. The Kier molecular flexibility index (Phi) is 5.09. The highest BCUT2D eigenvalue weighted by molar-refractivity contribution is 9.10. The second-order valence-corrected chi connectivity index (χ2v) is 5.29. The van der Waals surface area contributed by atoms with Crippen LogP contribution in [0.15, 0.2) is 4.47 Å². The number of aromatic nitrogens is 2. The number of rotatable bonds is 4. The van der Waals surface area contributed by atoms with E-state index in [1.165, 1.54) is 0 Å². The van der Waals surface area contributed by atoms with E-state index in [0.29, 0.717) is 19.0 Å². The average Bonchev–Trinajstić information content (AvgIpc) is 2.41. The lowest BCUT2D eigenvalue weighted by Crippen LogP contribution is -2.36. The van der Waals surface area contributed by atoms with Crippen molar-refractivity contribution in [2.45, 2.75) is 12.7 Å². The molecular weight excluding hydrogens is 312 g/mol. The molecule has 0 saturated carbocycles. The highest BCUT2D eigenvalue weighted by Gasteiger charge is 2.24. The van der Waals surface area contributed by atoms with E-state index in [4.69, 9.17) is 9.47 Å². The molecule has 106 valence electrons. The molecule has 1 aliphatic rings. The monoisotopic (exact) mass is 330 g/mol. The fourth-order valence-corrected chi connectivity index (χ4v) is 2.48. The SMILES string of the molecule is CNc1nc(C2CN(C)CCO2)nc(COC)c1Br. The van der Waals surface area contributed by atoms with E-state index in [1.807, 2.05) is 7.05 Å². The van der Waals surface area contributed by atoms with Gasteiger partial charge in [0.2, 0.25) is 0 Å². The van der Waals surface area contributed by atoms with Crippen molar-refractivity contribution in [3.05, 3.63) is 16.0 Å². The summed E-state index contributed by atoms with van der Waals surface area (Å²) < 4.78 is 11.8. The molecule has 7 heteroatoms. The van der Waals surface area contributed by atoms with Gasteiger partial charge >= 0.3 is 0 Å². The smallest absolute Gasteiger partial charge is 0.161 e. The minimum Gasteiger partial charge on any atom is -0.378 e. The van der Waals surface area contributed by atoms with Crippen LogP contribution in [0, 0.1) is 0 Å². The Morgan fingerprint density at radius 3 is 2.95 bits per heavy atom. The van der Waals surface area contributed by atoms with Crippen LogP contribution >= 0.6 is 15.9 Å². The van der Waals surface area contributed by atoms with Gasteiger partial charge in [0.25, 0.3) is 0 Å². The number of hydrogen-bond acceptors (Lipinski definition) is 6. The van der Waals surface area contributed by atoms with Crippen LogP contribution in [0.4, 0.5) is 5.82 Å². The highest BCUT2D eigenvalue weighted by Crippen LogP contribution is 2.27. The summed E-state index contributed by atoms with van der Waals surface area (Å²) in [6, 6.07) is 0. The largest absolute Gasteiger partial charge is 0.378 e. The van der Waals surface area contributed by atoms with Crippen molar-refractivity contribution < 1.29 is 9.47 Å². The predicted molar refractivity (Wildman–Crippen MR) is 76.2 cm³/mol. The first-order valence-electron chi connectivity index (χ1n) is 6.18. The third-order valence-corrected chi connectivity index (χ3v) is 3.85. The molecule has 1 aromatic heterocycles. The predicted octanol–water partition coefficient (Wildman–Crippen LogP) is 1.43. The molecule has 0 aliphatic carbocycles. The molecule has 1 aliphatic heterocycles. The minimum atomic E-state index is -0.0884. The fourth-order valence-electron chi connectivity index (χ4n) is 1.99. The van der Waals surface area contributed by atoms with Gasteiger partial charge in [0.05, 0.1) is 23.4 Å². The van der Waals surface area contributed by atoms with Gasteiger partial charge in [-0.25, -0.2) is 9.97 Å². The van der Waals surface area contributed by atoms with Crippen LogP contribution in [0.1, 0.15) is 17.6 Å². The number of methoxy groups -OCH3 is 1. The second kappa shape index (κ2) is 6.60. The lowest BCUT2D eigenvalue weighted by molar-refractivity contribution is -0.0256. The Balaban J connectivity index is 2.31. The lowest BCUT2D eigenvalue weighted by atomic mass is 10.2. The highest BCUT2D eigenvalue weighted by atomic mass is 79.9. The van der Waals surface area contributed by atoms with Crippen LogP contribution in [0.2, 0.25) is 0 Å². The number of nitrogens with zero attached hydrogens (tertiary/aromatic N) is 3. The van der Waals surface area contributed by atoms with Crippen LogP contribution in [-0.2, 0) is 16.1 Å². The average molecular weight is 331 g/mol. The Morgan fingerprint density at radius 2 is 2.32 bits per heavy atom. The number of ether oxygens (including phenoxy) is 2. The van der Waals surface area contributed by atoms with E-state index in [2.05, 4.69) is 43.2 Å². The summed E-state index contributed by atoms with van der Waals surface area (Å²) in [5, 5.41) is 3.06. The van der Waals surface area contributed by atoms with E-state index in [9.17, 15) is 0 Å². The quantitative estimate of drug-likeness (QED) is 0.901. The molecule has 1 fully saturated rings. The van der Waals surface area contributed by atoms with E-state index < -0.39 is 0 Å². The molecule has 1 saturated heterocycles. The molecule has 19 heavy (non-hydrogen) atoms. The van der Waals surface area contributed by atoms with Crippen molar-refractivity contribution in [3.8, 4) is 0 Å². The van der Waals surface area contributed by atoms with Crippen molar-refractivity contribution in [2.24, 2.45) is 0 Å². The molecule has 0 radical (unpaired) electrons. The van der Waals surface area contributed by atoms with Gasteiger partial charge < -0.3 is 19.7 Å². The molecule has 1 unspecified atom stereocenters. The fraction of sp³-hybridized carbons (Fsp3) is 0.667.